The summed E-state index contributed by atoms with van der Waals surface area (Å²) in [5, 5.41) is 3.43. The monoisotopic (exact) mass is 187 g/mol. The Balaban J connectivity index is 1.99. The molecule has 1 fully saturated rings. The van der Waals surface area contributed by atoms with E-state index in [1.807, 2.05) is 6.08 Å². The van der Waals surface area contributed by atoms with Crippen LogP contribution >= 0.6 is 11.6 Å². The van der Waals surface area contributed by atoms with Crippen molar-refractivity contribution in [1.82, 2.24) is 5.32 Å². The first-order valence-corrected chi connectivity index (χ1v) is 5.28. The second-order valence-electron chi connectivity index (χ2n) is 3.61. The first-order chi connectivity index (χ1) is 5.83. The van der Waals surface area contributed by atoms with Crippen molar-refractivity contribution in [2.45, 2.75) is 26.2 Å². The molecule has 0 spiro atoms. The fourth-order valence-electron chi connectivity index (χ4n) is 1.40. The van der Waals surface area contributed by atoms with Gasteiger partial charge in [-0.1, -0.05) is 19.1 Å². The Bertz CT molecular complexity index is 150. The summed E-state index contributed by atoms with van der Waals surface area (Å²) in [4.78, 5) is 0. The van der Waals surface area contributed by atoms with Gasteiger partial charge < -0.3 is 5.32 Å². The molecule has 0 aliphatic heterocycles. The van der Waals surface area contributed by atoms with Crippen LogP contribution in [-0.2, 0) is 0 Å². The third kappa shape index (κ3) is 3.16. The van der Waals surface area contributed by atoms with Gasteiger partial charge in [-0.3, -0.25) is 0 Å². The number of hydrogen-bond donors (Lipinski definition) is 1. The molecule has 0 bridgehead atoms. The van der Waals surface area contributed by atoms with Gasteiger partial charge in [0.2, 0.25) is 0 Å². The van der Waals surface area contributed by atoms with E-state index in [0.29, 0.717) is 11.3 Å². The fraction of sp³-hybridized carbons (Fsp3) is 0.800. The molecular weight excluding hydrogens is 170 g/mol. The van der Waals surface area contributed by atoms with Crippen LogP contribution in [-0.4, -0.2) is 19.0 Å². The molecule has 70 valence electrons. The topological polar surface area (TPSA) is 12.0 Å². The van der Waals surface area contributed by atoms with Crippen LogP contribution in [0, 0.1) is 5.41 Å². The molecule has 0 heterocycles. The molecule has 1 nitrogen and oxygen atoms in total. The summed E-state index contributed by atoms with van der Waals surface area (Å²) in [6.07, 6.45) is 8.23. The Kier molecular flexibility index (Phi) is 4.10. The first kappa shape index (κ1) is 10.1. The van der Waals surface area contributed by atoms with Crippen molar-refractivity contribution in [2.75, 3.05) is 19.0 Å². The molecule has 0 atom stereocenters. The van der Waals surface area contributed by atoms with Crippen LogP contribution in [0.5, 0.6) is 0 Å². The zero-order valence-electron chi connectivity index (χ0n) is 7.78. The molecule has 0 saturated heterocycles. The zero-order chi connectivity index (χ0) is 8.86. The van der Waals surface area contributed by atoms with Gasteiger partial charge in [0.1, 0.15) is 0 Å². The zero-order valence-corrected chi connectivity index (χ0v) is 8.53. The minimum Gasteiger partial charge on any atom is -0.313 e. The van der Waals surface area contributed by atoms with Gasteiger partial charge in [0, 0.05) is 19.0 Å². The average Bonchev–Trinajstić information content (AvgIpc) is 2.85. The van der Waals surface area contributed by atoms with Gasteiger partial charge in [-0.2, -0.15) is 0 Å². The predicted molar refractivity (Wildman–Crippen MR) is 54.7 cm³/mol. The minimum atomic E-state index is 0.626. The normalized spacial score (nSPS) is 20.2. The highest BCUT2D eigenvalue weighted by molar-refractivity contribution is 6.18. The van der Waals surface area contributed by atoms with E-state index in [0.717, 1.165) is 6.54 Å². The van der Waals surface area contributed by atoms with Crippen molar-refractivity contribution in [3.8, 4) is 0 Å². The van der Waals surface area contributed by atoms with Crippen molar-refractivity contribution in [1.29, 1.82) is 0 Å². The molecule has 1 saturated carbocycles. The van der Waals surface area contributed by atoms with Crippen molar-refractivity contribution in [3.05, 3.63) is 12.2 Å². The van der Waals surface area contributed by atoms with Crippen LogP contribution in [0.2, 0.25) is 0 Å². The largest absolute Gasteiger partial charge is 0.313 e. The van der Waals surface area contributed by atoms with Crippen LogP contribution in [0.15, 0.2) is 12.2 Å². The third-order valence-electron chi connectivity index (χ3n) is 2.73. The quantitative estimate of drug-likeness (QED) is 0.383. The highest BCUT2D eigenvalue weighted by Crippen LogP contribution is 2.47. The van der Waals surface area contributed by atoms with Gasteiger partial charge >= 0.3 is 0 Å². The van der Waals surface area contributed by atoms with Crippen LogP contribution < -0.4 is 5.32 Å². The Labute approximate surface area is 80.2 Å². The number of alkyl halides is 1. The van der Waals surface area contributed by atoms with E-state index >= 15 is 0 Å². The van der Waals surface area contributed by atoms with Crippen LogP contribution in [0.3, 0.4) is 0 Å². The number of hydrogen-bond acceptors (Lipinski definition) is 1. The van der Waals surface area contributed by atoms with E-state index in [1.54, 1.807) is 0 Å². The molecule has 1 rings (SSSR count). The standard InChI is InChI=1S/C10H18ClN/c1-2-10(5-6-10)9-12-8-4-3-7-11/h3-4,12H,2,5-9H2,1H3/b4-3+. The van der Waals surface area contributed by atoms with Crippen LogP contribution in [0.1, 0.15) is 26.2 Å². The number of allylic oxidation sites excluding steroid dienone is 1. The van der Waals surface area contributed by atoms with E-state index in [-0.39, 0.29) is 0 Å². The lowest BCUT2D eigenvalue weighted by molar-refractivity contribution is 0.456. The van der Waals surface area contributed by atoms with Crippen LogP contribution in [0.25, 0.3) is 0 Å². The second-order valence-corrected chi connectivity index (χ2v) is 3.92. The summed E-state index contributed by atoms with van der Waals surface area (Å²) in [6.45, 7) is 4.42. The fourth-order valence-corrected chi connectivity index (χ4v) is 1.53. The summed E-state index contributed by atoms with van der Waals surface area (Å²) in [6, 6.07) is 0. The van der Waals surface area contributed by atoms with E-state index < -0.39 is 0 Å². The van der Waals surface area contributed by atoms with Gasteiger partial charge in [0.25, 0.3) is 0 Å². The number of halogens is 1. The van der Waals surface area contributed by atoms with Crippen LogP contribution in [0.4, 0.5) is 0 Å². The summed E-state index contributed by atoms with van der Waals surface area (Å²) in [7, 11) is 0. The summed E-state index contributed by atoms with van der Waals surface area (Å²) in [5.74, 6) is 0.626. The lowest BCUT2D eigenvalue weighted by Gasteiger charge is -2.11. The molecule has 2 heteroatoms. The first-order valence-electron chi connectivity index (χ1n) is 4.75. The maximum Gasteiger partial charge on any atom is 0.0404 e. The average molecular weight is 188 g/mol. The molecule has 1 N–H and O–H groups in total. The second kappa shape index (κ2) is 4.88. The highest BCUT2D eigenvalue weighted by atomic mass is 35.5. The van der Waals surface area contributed by atoms with Gasteiger partial charge in [-0.15, -0.1) is 11.6 Å². The highest BCUT2D eigenvalue weighted by Gasteiger charge is 2.39. The van der Waals surface area contributed by atoms with E-state index in [9.17, 15) is 0 Å². The smallest absolute Gasteiger partial charge is 0.0404 e. The Morgan fingerprint density at radius 2 is 2.17 bits per heavy atom. The Morgan fingerprint density at radius 1 is 1.42 bits per heavy atom. The summed E-state index contributed by atoms with van der Waals surface area (Å²) < 4.78 is 0. The molecular formula is C10H18ClN. The van der Waals surface area contributed by atoms with Gasteiger partial charge in [-0.25, -0.2) is 0 Å². The van der Waals surface area contributed by atoms with E-state index in [4.69, 9.17) is 11.6 Å². The molecule has 0 aromatic rings. The van der Waals surface area contributed by atoms with Crippen molar-refractivity contribution in [2.24, 2.45) is 5.41 Å². The van der Waals surface area contributed by atoms with E-state index in [2.05, 4.69) is 18.3 Å². The molecule has 12 heavy (non-hydrogen) atoms. The maximum absolute atomic E-state index is 5.50. The van der Waals surface area contributed by atoms with Crippen molar-refractivity contribution < 1.29 is 0 Å². The molecule has 1 aliphatic rings. The predicted octanol–water partition coefficient (Wildman–Crippen LogP) is 2.56. The Morgan fingerprint density at radius 3 is 2.67 bits per heavy atom. The number of rotatable bonds is 6. The Hall–Kier alpha value is -0.0100. The van der Waals surface area contributed by atoms with E-state index in [1.165, 1.54) is 25.8 Å². The lowest BCUT2D eigenvalue weighted by atomic mass is 10.0. The van der Waals surface area contributed by atoms with Gasteiger partial charge in [0.05, 0.1) is 0 Å². The maximum atomic E-state index is 5.50. The molecule has 0 aromatic heterocycles. The third-order valence-corrected chi connectivity index (χ3v) is 2.90. The van der Waals surface area contributed by atoms with Crippen molar-refractivity contribution >= 4 is 11.6 Å². The molecule has 0 unspecified atom stereocenters. The van der Waals surface area contributed by atoms with Gasteiger partial charge in [0.15, 0.2) is 0 Å². The summed E-state index contributed by atoms with van der Waals surface area (Å²) in [5.41, 5.74) is 0.662. The molecule has 0 aromatic carbocycles. The minimum absolute atomic E-state index is 0.626. The SMILES string of the molecule is CCC1(CNC/C=C/CCl)CC1. The number of nitrogens with one attached hydrogen (secondary N) is 1. The molecule has 0 radical (unpaired) electrons. The lowest BCUT2D eigenvalue weighted by Crippen LogP contribution is -2.23. The van der Waals surface area contributed by atoms with Crippen molar-refractivity contribution in [3.63, 3.8) is 0 Å². The molecule has 1 aliphatic carbocycles. The molecule has 0 amide bonds. The van der Waals surface area contributed by atoms with Gasteiger partial charge in [-0.05, 0) is 24.7 Å². The summed E-state index contributed by atoms with van der Waals surface area (Å²) >= 11 is 5.50.